The molecule has 3 heterocycles. The van der Waals surface area contributed by atoms with Crippen LogP contribution in [0.4, 0.5) is 39.5 Å². The molecule has 9 nitrogen and oxygen atoms in total. The molecule has 232 valence electrons. The van der Waals surface area contributed by atoms with E-state index in [4.69, 9.17) is 5.73 Å². The molecule has 2 amide bonds. The van der Waals surface area contributed by atoms with Crippen molar-refractivity contribution in [3.05, 3.63) is 65.9 Å². The number of benzene rings is 2. The van der Waals surface area contributed by atoms with Gasteiger partial charge in [-0.05, 0) is 61.2 Å². The summed E-state index contributed by atoms with van der Waals surface area (Å²) in [6, 6.07) is 7.48. The van der Waals surface area contributed by atoms with E-state index in [9.17, 15) is 18.0 Å². The summed E-state index contributed by atoms with van der Waals surface area (Å²) < 4.78 is 59.3. The number of hydrogen-bond donors (Lipinski definition) is 3. The van der Waals surface area contributed by atoms with Crippen LogP contribution in [-0.4, -0.2) is 63.1 Å². The van der Waals surface area contributed by atoms with Gasteiger partial charge >= 0.3 is 12.2 Å². The Hall–Kier alpha value is -4.23. The number of anilines is 3. The highest BCUT2D eigenvalue weighted by Gasteiger charge is 2.34. The Morgan fingerprint density at radius 2 is 1.77 bits per heavy atom. The monoisotopic (exact) mass is 610 g/mol. The molecule has 4 N–H and O–H groups in total. The third kappa shape index (κ3) is 6.34. The number of hydrogen-bond acceptors (Lipinski definition) is 6. The van der Waals surface area contributed by atoms with E-state index in [0.717, 1.165) is 45.0 Å². The van der Waals surface area contributed by atoms with E-state index in [1.165, 1.54) is 30.6 Å². The number of amides is 2. The molecular formula is C31H34F4N8O. The second-order valence-electron chi connectivity index (χ2n) is 11.4. The fraction of sp³-hybridized carbons (Fsp3) is 0.387. The molecule has 1 saturated heterocycles. The van der Waals surface area contributed by atoms with Gasteiger partial charge in [-0.3, -0.25) is 4.90 Å². The van der Waals surface area contributed by atoms with Crippen molar-refractivity contribution < 1.29 is 22.4 Å². The van der Waals surface area contributed by atoms with Crippen molar-refractivity contribution in [2.75, 3.05) is 49.1 Å². The van der Waals surface area contributed by atoms with Crippen molar-refractivity contribution in [3.8, 4) is 11.1 Å². The van der Waals surface area contributed by atoms with Crippen molar-refractivity contribution in [3.63, 3.8) is 0 Å². The summed E-state index contributed by atoms with van der Waals surface area (Å²) in [7, 11) is 0. The zero-order valence-electron chi connectivity index (χ0n) is 24.3. The maximum Gasteiger partial charge on any atom is 0.416 e. The first kappa shape index (κ1) is 29.8. The zero-order valence-corrected chi connectivity index (χ0v) is 24.3. The van der Waals surface area contributed by atoms with E-state index in [2.05, 4.69) is 32.4 Å². The number of nitrogens with one attached hydrogen (secondary N) is 2. The average Bonchev–Trinajstić information content (AvgIpc) is 3.75. The molecule has 0 bridgehead atoms. The van der Waals surface area contributed by atoms with E-state index >= 15 is 4.39 Å². The van der Waals surface area contributed by atoms with E-state index in [1.54, 1.807) is 6.07 Å². The molecule has 0 radical (unpaired) electrons. The Morgan fingerprint density at radius 1 is 1.02 bits per heavy atom. The quantitative estimate of drug-likeness (QED) is 0.201. The lowest BCUT2D eigenvalue weighted by molar-refractivity contribution is -0.138. The standard InChI is InChI=1S/C31H34F4N8O/c1-2-9-41-10-12-42(13-11-41)16-20-3-5-21(15-24(20)31(33,34)35)39-30(44)40-26-8-4-19(14-25(26)32)23-17-43(22-6-7-22)29-27(23)28(36)37-18-38-29/h3-5,8,14-15,17-18,22H,2,6-7,9-13,16H2,1H3,(H2,36,37,38)(H2,39,40,44). The minimum atomic E-state index is -4.60. The largest absolute Gasteiger partial charge is 0.416 e. The van der Waals surface area contributed by atoms with Crippen LogP contribution in [0.2, 0.25) is 0 Å². The molecule has 1 aliphatic heterocycles. The first-order valence-corrected chi connectivity index (χ1v) is 14.7. The van der Waals surface area contributed by atoms with E-state index in [1.807, 2.05) is 15.7 Å². The van der Waals surface area contributed by atoms with Crippen molar-refractivity contribution in [1.29, 1.82) is 0 Å². The highest BCUT2D eigenvalue weighted by molar-refractivity contribution is 6.02. The van der Waals surface area contributed by atoms with Crippen molar-refractivity contribution >= 4 is 34.3 Å². The Labute approximate surface area is 252 Å². The number of fused-ring (bicyclic) bond motifs is 1. The summed E-state index contributed by atoms with van der Waals surface area (Å²) in [6.45, 7) is 6.26. The van der Waals surface area contributed by atoms with Crippen LogP contribution in [0.25, 0.3) is 22.2 Å². The topological polar surface area (TPSA) is 104 Å². The lowest BCUT2D eigenvalue weighted by Crippen LogP contribution is -2.46. The highest BCUT2D eigenvalue weighted by atomic mass is 19.4. The number of aromatic nitrogens is 3. The Kier molecular flexibility index (Phi) is 8.16. The molecular weight excluding hydrogens is 576 g/mol. The molecule has 6 rings (SSSR count). The van der Waals surface area contributed by atoms with Gasteiger partial charge in [-0.2, -0.15) is 13.2 Å². The summed E-state index contributed by atoms with van der Waals surface area (Å²) in [6.07, 6.45) is 1.75. The highest BCUT2D eigenvalue weighted by Crippen LogP contribution is 2.42. The first-order chi connectivity index (χ1) is 21.1. The summed E-state index contributed by atoms with van der Waals surface area (Å²) in [5.74, 6) is -0.434. The number of alkyl halides is 3. The predicted octanol–water partition coefficient (Wildman–Crippen LogP) is 6.34. The van der Waals surface area contributed by atoms with Gasteiger partial charge in [0, 0.05) is 56.2 Å². The molecule has 13 heteroatoms. The number of nitrogens with zero attached hydrogens (tertiary/aromatic N) is 5. The van der Waals surface area contributed by atoms with Crippen LogP contribution in [0.5, 0.6) is 0 Å². The van der Waals surface area contributed by atoms with Crippen LogP contribution < -0.4 is 16.4 Å². The lowest BCUT2D eigenvalue weighted by atomic mass is 10.0. The molecule has 2 aromatic carbocycles. The van der Waals surface area contributed by atoms with Gasteiger partial charge in [0.1, 0.15) is 23.6 Å². The van der Waals surface area contributed by atoms with Crippen molar-refractivity contribution in [2.24, 2.45) is 0 Å². The molecule has 44 heavy (non-hydrogen) atoms. The van der Waals surface area contributed by atoms with Crippen LogP contribution in [0.15, 0.2) is 48.9 Å². The molecule has 1 aliphatic carbocycles. The molecule has 1 saturated carbocycles. The van der Waals surface area contributed by atoms with Crippen LogP contribution in [0.1, 0.15) is 43.4 Å². The second-order valence-corrected chi connectivity index (χ2v) is 11.4. The maximum atomic E-state index is 15.2. The average molecular weight is 611 g/mol. The number of rotatable bonds is 8. The normalized spacial score (nSPS) is 16.4. The summed E-state index contributed by atoms with van der Waals surface area (Å²) in [5.41, 5.74) is 7.17. The van der Waals surface area contributed by atoms with Gasteiger partial charge in [0.25, 0.3) is 0 Å². The maximum absolute atomic E-state index is 15.2. The lowest BCUT2D eigenvalue weighted by Gasteiger charge is -2.35. The number of urea groups is 1. The van der Waals surface area contributed by atoms with Gasteiger partial charge in [0.15, 0.2) is 0 Å². The minimum Gasteiger partial charge on any atom is -0.383 e. The molecule has 4 aromatic rings. The van der Waals surface area contributed by atoms with Crippen LogP contribution in [0.3, 0.4) is 0 Å². The number of nitrogen functional groups attached to an aromatic ring is 1. The Bertz CT molecular complexity index is 1680. The summed E-state index contributed by atoms with van der Waals surface area (Å²) in [5, 5.41) is 5.43. The molecule has 2 aromatic heterocycles. The number of nitrogens with two attached hydrogens (primary N) is 1. The number of piperazine rings is 1. The fourth-order valence-electron chi connectivity index (χ4n) is 5.81. The molecule has 2 fully saturated rings. The molecule has 0 unspecified atom stereocenters. The fourth-order valence-corrected chi connectivity index (χ4v) is 5.81. The van der Waals surface area contributed by atoms with Gasteiger partial charge < -0.3 is 25.8 Å². The van der Waals surface area contributed by atoms with Gasteiger partial charge in [-0.25, -0.2) is 19.2 Å². The third-order valence-corrected chi connectivity index (χ3v) is 8.18. The number of carbonyl (C=O) groups excluding carboxylic acids is 1. The second kappa shape index (κ2) is 12.0. The minimum absolute atomic E-state index is 0.0493. The van der Waals surface area contributed by atoms with Crippen LogP contribution >= 0.6 is 0 Å². The molecule has 0 spiro atoms. The predicted molar refractivity (Wildman–Crippen MR) is 162 cm³/mol. The van der Waals surface area contributed by atoms with Gasteiger partial charge in [0.2, 0.25) is 0 Å². The Balaban J connectivity index is 1.15. The van der Waals surface area contributed by atoms with E-state index in [-0.39, 0.29) is 29.3 Å². The number of carbonyl (C=O) groups is 1. The van der Waals surface area contributed by atoms with Crippen LogP contribution in [-0.2, 0) is 12.7 Å². The Morgan fingerprint density at radius 3 is 2.45 bits per heavy atom. The molecule has 2 aliphatic rings. The van der Waals surface area contributed by atoms with Gasteiger partial charge in [0.05, 0.1) is 16.6 Å². The van der Waals surface area contributed by atoms with Crippen molar-refractivity contribution in [2.45, 2.75) is 44.9 Å². The van der Waals surface area contributed by atoms with Gasteiger partial charge in [-0.15, -0.1) is 0 Å². The first-order valence-electron chi connectivity index (χ1n) is 14.7. The summed E-state index contributed by atoms with van der Waals surface area (Å²) in [4.78, 5) is 25.5. The third-order valence-electron chi connectivity index (χ3n) is 8.18. The zero-order chi connectivity index (χ0) is 31.0. The number of halogens is 4. The molecule has 0 atom stereocenters. The van der Waals surface area contributed by atoms with E-state index in [0.29, 0.717) is 41.3 Å². The smallest absolute Gasteiger partial charge is 0.383 e. The SMILES string of the molecule is CCCN1CCN(Cc2ccc(NC(=O)Nc3ccc(-c4cn(C5CC5)c5ncnc(N)c45)cc3F)cc2C(F)(F)F)CC1. The van der Waals surface area contributed by atoms with Crippen LogP contribution in [0, 0.1) is 5.82 Å². The van der Waals surface area contributed by atoms with Gasteiger partial charge in [-0.1, -0.05) is 19.1 Å². The summed E-state index contributed by atoms with van der Waals surface area (Å²) >= 11 is 0. The van der Waals surface area contributed by atoms with E-state index < -0.39 is 23.6 Å². The van der Waals surface area contributed by atoms with Crippen molar-refractivity contribution in [1.82, 2.24) is 24.3 Å².